The molecule has 140 valence electrons. The number of hydrogen-bond acceptors (Lipinski definition) is 5. The van der Waals surface area contributed by atoms with Gasteiger partial charge in [-0.1, -0.05) is 6.07 Å². The first-order valence-electron chi connectivity index (χ1n) is 8.40. The predicted octanol–water partition coefficient (Wildman–Crippen LogP) is 2.65. The second-order valence-corrected chi connectivity index (χ2v) is 5.88. The third kappa shape index (κ3) is 4.78. The number of nitrogens with zero attached hydrogens (tertiary/aromatic N) is 4. The third-order valence-electron chi connectivity index (χ3n) is 3.87. The Morgan fingerprint density at radius 2 is 2.00 bits per heavy atom. The van der Waals surface area contributed by atoms with Gasteiger partial charge in [0.15, 0.2) is 0 Å². The minimum absolute atomic E-state index is 0.359. The first kappa shape index (κ1) is 18.3. The number of hydrogen-bond donors (Lipinski definition) is 3. The number of rotatable bonds is 6. The van der Waals surface area contributed by atoms with Gasteiger partial charge in [-0.15, -0.1) is 0 Å². The van der Waals surface area contributed by atoms with E-state index in [1.54, 1.807) is 31.3 Å². The fraction of sp³-hybridized carbons (Fsp3) is 0.222. The molecule has 0 aliphatic rings. The molecule has 27 heavy (non-hydrogen) atoms. The fourth-order valence-electron chi connectivity index (χ4n) is 2.41. The molecule has 3 N–H and O–H groups in total. The zero-order valence-corrected chi connectivity index (χ0v) is 15.0. The molecule has 2 aromatic heterocycles. The summed E-state index contributed by atoms with van der Waals surface area (Å²) in [6.45, 7) is 4.38. The summed E-state index contributed by atoms with van der Waals surface area (Å²) in [5.41, 5.74) is 0.931. The number of amides is 2. The Labute approximate surface area is 155 Å². The van der Waals surface area contributed by atoms with Gasteiger partial charge in [-0.2, -0.15) is 0 Å². The predicted molar refractivity (Wildman–Crippen MR) is 101 cm³/mol. The van der Waals surface area contributed by atoms with E-state index in [0.29, 0.717) is 36.0 Å². The molecule has 0 radical (unpaired) electrons. The quantitative estimate of drug-likeness (QED) is 0.581. The standard InChI is InChI=1S/C18H20FN7O/c1-12-3-4-14(9-15(12)19)25-18(27)22-6-5-21-16-10-17(24-11-23-16)26-8-7-20-13(26)2/h3-4,7-11H,5-6H2,1-2H3,(H,21,23,24)(H2,22,25,27). The molecule has 0 atom stereocenters. The van der Waals surface area contributed by atoms with E-state index in [2.05, 4.69) is 30.9 Å². The van der Waals surface area contributed by atoms with Crippen molar-refractivity contribution in [3.05, 3.63) is 60.2 Å². The highest BCUT2D eigenvalue weighted by molar-refractivity contribution is 5.89. The normalized spacial score (nSPS) is 10.5. The number of urea groups is 1. The summed E-state index contributed by atoms with van der Waals surface area (Å²) in [5.74, 6) is 1.80. The van der Waals surface area contributed by atoms with Gasteiger partial charge in [0.05, 0.1) is 0 Å². The van der Waals surface area contributed by atoms with Gasteiger partial charge in [0, 0.05) is 37.2 Å². The number of halogens is 1. The van der Waals surface area contributed by atoms with Crippen LogP contribution in [0.3, 0.4) is 0 Å². The molecule has 1 aromatic carbocycles. The second kappa shape index (κ2) is 8.26. The topological polar surface area (TPSA) is 96.8 Å². The van der Waals surface area contributed by atoms with E-state index in [0.717, 1.165) is 5.82 Å². The van der Waals surface area contributed by atoms with Crippen molar-refractivity contribution in [2.45, 2.75) is 13.8 Å². The number of anilines is 2. The molecule has 0 fully saturated rings. The number of aryl methyl sites for hydroxylation is 2. The summed E-state index contributed by atoms with van der Waals surface area (Å²) in [4.78, 5) is 24.4. The van der Waals surface area contributed by atoms with Gasteiger partial charge in [-0.3, -0.25) is 4.57 Å². The minimum Gasteiger partial charge on any atom is -0.368 e. The summed E-state index contributed by atoms with van der Waals surface area (Å²) < 4.78 is 15.3. The lowest BCUT2D eigenvalue weighted by Crippen LogP contribution is -2.32. The molecule has 0 saturated carbocycles. The van der Waals surface area contributed by atoms with E-state index >= 15 is 0 Å². The van der Waals surface area contributed by atoms with Crippen LogP contribution in [0.25, 0.3) is 5.82 Å². The van der Waals surface area contributed by atoms with Crippen molar-refractivity contribution in [2.75, 3.05) is 23.7 Å². The Morgan fingerprint density at radius 1 is 1.15 bits per heavy atom. The maximum Gasteiger partial charge on any atom is 0.319 e. The zero-order chi connectivity index (χ0) is 19.2. The van der Waals surface area contributed by atoms with E-state index in [1.807, 2.05) is 17.7 Å². The van der Waals surface area contributed by atoms with E-state index in [4.69, 9.17) is 0 Å². The molecule has 2 amide bonds. The van der Waals surface area contributed by atoms with Crippen molar-refractivity contribution in [1.29, 1.82) is 0 Å². The fourth-order valence-corrected chi connectivity index (χ4v) is 2.41. The summed E-state index contributed by atoms with van der Waals surface area (Å²) in [7, 11) is 0. The molecular weight excluding hydrogens is 349 g/mol. The summed E-state index contributed by atoms with van der Waals surface area (Å²) >= 11 is 0. The van der Waals surface area contributed by atoms with Gasteiger partial charge in [0.25, 0.3) is 0 Å². The number of imidazole rings is 1. The van der Waals surface area contributed by atoms with Crippen LogP contribution >= 0.6 is 0 Å². The van der Waals surface area contributed by atoms with Crippen LogP contribution in [0, 0.1) is 19.7 Å². The molecule has 3 aromatic rings. The zero-order valence-electron chi connectivity index (χ0n) is 15.0. The molecule has 0 saturated heterocycles. The number of carbonyl (C=O) groups is 1. The Kier molecular flexibility index (Phi) is 5.60. The minimum atomic E-state index is -0.405. The maximum absolute atomic E-state index is 13.5. The van der Waals surface area contributed by atoms with E-state index in [-0.39, 0.29) is 5.82 Å². The van der Waals surface area contributed by atoms with Crippen LogP contribution in [0.2, 0.25) is 0 Å². The second-order valence-electron chi connectivity index (χ2n) is 5.88. The van der Waals surface area contributed by atoms with Crippen molar-refractivity contribution in [1.82, 2.24) is 24.8 Å². The first-order chi connectivity index (χ1) is 13.0. The van der Waals surface area contributed by atoms with Crippen molar-refractivity contribution in [3.63, 3.8) is 0 Å². The largest absolute Gasteiger partial charge is 0.368 e. The summed E-state index contributed by atoms with van der Waals surface area (Å²) in [6, 6.07) is 5.94. The van der Waals surface area contributed by atoms with Crippen LogP contribution in [0.1, 0.15) is 11.4 Å². The molecule has 9 heteroatoms. The number of nitrogens with one attached hydrogen (secondary N) is 3. The summed E-state index contributed by atoms with van der Waals surface area (Å²) in [6.07, 6.45) is 4.98. The van der Waals surface area contributed by atoms with Crippen LogP contribution < -0.4 is 16.0 Å². The molecule has 0 spiro atoms. The SMILES string of the molecule is Cc1ccc(NC(=O)NCCNc2cc(-n3ccnc3C)ncn2)cc1F. The van der Waals surface area contributed by atoms with Gasteiger partial charge in [-0.05, 0) is 31.5 Å². The van der Waals surface area contributed by atoms with Crippen molar-refractivity contribution < 1.29 is 9.18 Å². The Bertz CT molecular complexity index is 941. The molecular formula is C18H20FN7O. The van der Waals surface area contributed by atoms with E-state index in [9.17, 15) is 9.18 Å². The monoisotopic (exact) mass is 369 g/mol. The number of carbonyl (C=O) groups excluding carboxylic acids is 1. The van der Waals surface area contributed by atoms with Gasteiger partial charge in [-0.25, -0.2) is 24.1 Å². The third-order valence-corrected chi connectivity index (χ3v) is 3.87. The highest BCUT2D eigenvalue weighted by Crippen LogP contribution is 2.13. The Hall–Kier alpha value is -3.49. The smallest absolute Gasteiger partial charge is 0.319 e. The number of aromatic nitrogens is 4. The van der Waals surface area contributed by atoms with Crippen LogP contribution in [0.4, 0.5) is 20.7 Å². The van der Waals surface area contributed by atoms with E-state index in [1.165, 1.54) is 12.4 Å². The van der Waals surface area contributed by atoms with Crippen LogP contribution in [0.15, 0.2) is 43.0 Å². The van der Waals surface area contributed by atoms with Crippen LogP contribution in [-0.2, 0) is 0 Å². The van der Waals surface area contributed by atoms with Crippen molar-refractivity contribution >= 4 is 17.5 Å². The molecule has 3 rings (SSSR count). The molecule has 0 aliphatic heterocycles. The van der Waals surface area contributed by atoms with Crippen LogP contribution in [-0.4, -0.2) is 38.6 Å². The lowest BCUT2D eigenvalue weighted by atomic mass is 10.2. The van der Waals surface area contributed by atoms with Crippen LogP contribution in [0.5, 0.6) is 0 Å². The molecule has 0 unspecified atom stereocenters. The van der Waals surface area contributed by atoms with Gasteiger partial charge in [0.1, 0.15) is 29.6 Å². The van der Waals surface area contributed by atoms with Gasteiger partial charge in [0.2, 0.25) is 0 Å². The highest BCUT2D eigenvalue weighted by atomic mass is 19.1. The van der Waals surface area contributed by atoms with E-state index < -0.39 is 6.03 Å². The Balaban J connectivity index is 1.47. The first-order valence-corrected chi connectivity index (χ1v) is 8.40. The number of benzene rings is 1. The average molecular weight is 369 g/mol. The summed E-state index contributed by atoms with van der Waals surface area (Å²) in [5, 5.41) is 8.40. The van der Waals surface area contributed by atoms with Gasteiger partial charge < -0.3 is 16.0 Å². The molecule has 8 nitrogen and oxygen atoms in total. The Morgan fingerprint density at radius 3 is 2.74 bits per heavy atom. The highest BCUT2D eigenvalue weighted by Gasteiger charge is 2.05. The van der Waals surface area contributed by atoms with Crippen molar-refractivity contribution in [3.8, 4) is 5.82 Å². The maximum atomic E-state index is 13.5. The lowest BCUT2D eigenvalue weighted by molar-refractivity contribution is 0.252. The average Bonchev–Trinajstić information content (AvgIpc) is 3.08. The lowest BCUT2D eigenvalue weighted by Gasteiger charge is -2.10. The molecule has 0 bridgehead atoms. The van der Waals surface area contributed by atoms with Gasteiger partial charge >= 0.3 is 6.03 Å². The van der Waals surface area contributed by atoms with Crippen molar-refractivity contribution in [2.24, 2.45) is 0 Å². The molecule has 2 heterocycles. The molecule has 0 aliphatic carbocycles.